The first-order chi connectivity index (χ1) is 12.0. The summed E-state index contributed by atoms with van der Waals surface area (Å²) in [6, 6.07) is 16.0. The Morgan fingerprint density at radius 2 is 1.64 bits per heavy atom. The van der Waals surface area contributed by atoms with Gasteiger partial charge in [-0.15, -0.1) is 0 Å². The van der Waals surface area contributed by atoms with E-state index >= 15 is 0 Å². The number of hydrogen-bond donors (Lipinski definition) is 1. The third-order valence-electron chi connectivity index (χ3n) is 3.77. The van der Waals surface area contributed by atoms with Crippen molar-refractivity contribution in [2.75, 3.05) is 7.11 Å². The number of nitrogens with one attached hydrogen (secondary N) is 1. The van der Waals surface area contributed by atoms with Crippen LogP contribution in [0.4, 0.5) is 0 Å². The molecule has 2 aromatic rings. The van der Waals surface area contributed by atoms with Crippen LogP contribution < -0.4 is 10.1 Å². The monoisotopic (exact) mass is 341 g/mol. The lowest BCUT2D eigenvalue weighted by molar-refractivity contribution is -0.144. The Kier molecular flexibility index (Phi) is 6.57. The van der Waals surface area contributed by atoms with Gasteiger partial charge in [0.15, 0.2) is 0 Å². The summed E-state index contributed by atoms with van der Waals surface area (Å²) in [5.41, 5.74) is 1.44. The molecule has 0 aliphatic carbocycles. The minimum atomic E-state index is -0.668. The van der Waals surface area contributed by atoms with E-state index in [4.69, 9.17) is 9.47 Å². The number of carbonyl (C=O) groups excluding carboxylic acids is 2. The van der Waals surface area contributed by atoms with Crippen LogP contribution in [0.5, 0.6) is 5.75 Å². The van der Waals surface area contributed by atoms with Crippen LogP contribution >= 0.6 is 0 Å². The molecule has 0 aliphatic heterocycles. The highest BCUT2D eigenvalue weighted by molar-refractivity contribution is 5.96. The first-order valence-corrected chi connectivity index (χ1v) is 8.16. The van der Waals surface area contributed by atoms with Gasteiger partial charge in [0.2, 0.25) is 0 Å². The molecule has 0 saturated heterocycles. The van der Waals surface area contributed by atoms with E-state index in [9.17, 15) is 9.59 Å². The molecule has 0 heterocycles. The van der Waals surface area contributed by atoms with E-state index in [0.29, 0.717) is 12.2 Å². The molecule has 0 unspecified atom stereocenters. The number of esters is 1. The standard InChI is InChI=1S/C20H23NO4/c1-14(2)18(20(23)24-3)21-19(22)16-11-9-15(10-12-16)13-25-17-7-5-4-6-8-17/h4-12,14,18H,13H2,1-3H3,(H,21,22)/t18-/m0/s1. The van der Waals surface area contributed by atoms with Crippen LogP contribution in [-0.2, 0) is 16.1 Å². The third-order valence-corrected chi connectivity index (χ3v) is 3.77. The maximum atomic E-state index is 12.3. The summed E-state index contributed by atoms with van der Waals surface area (Å²) in [7, 11) is 1.31. The lowest BCUT2D eigenvalue weighted by Gasteiger charge is -2.19. The fourth-order valence-corrected chi connectivity index (χ4v) is 2.29. The van der Waals surface area contributed by atoms with Crippen molar-refractivity contribution in [3.05, 3.63) is 65.7 Å². The fraction of sp³-hybridized carbons (Fsp3) is 0.300. The normalized spacial score (nSPS) is 11.7. The van der Waals surface area contributed by atoms with E-state index in [2.05, 4.69) is 5.32 Å². The Bertz CT molecular complexity index is 695. The largest absolute Gasteiger partial charge is 0.489 e. The summed E-state index contributed by atoms with van der Waals surface area (Å²) in [5.74, 6) is -0.0204. The highest BCUT2D eigenvalue weighted by Crippen LogP contribution is 2.13. The van der Waals surface area contributed by atoms with E-state index in [-0.39, 0.29) is 11.8 Å². The zero-order valence-electron chi connectivity index (χ0n) is 14.7. The summed E-state index contributed by atoms with van der Waals surface area (Å²) >= 11 is 0. The first-order valence-electron chi connectivity index (χ1n) is 8.16. The lowest BCUT2D eigenvalue weighted by atomic mass is 10.0. The predicted octanol–water partition coefficient (Wildman–Crippen LogP) is 3.19. The van der Waals surface area contributed by atoms with Crippen molar-refractivity contribution in [3.63, 3.8) is 0 Å². The van der Waals surface area contributed by atoms with Gasteiger partial charge in [-0.2, -0.15) is 0 Å². The van der Waals surface area contributed by atoms with Gasteiger partial charge >= 0.3 is 5.97 Å². The van der Waals surface area contributed by atoms with E-state index in [1.54, 1.807) is 12.1 Å². The van der Waals surface area contributed by atoms with Crippen molar-refractivity contribution in [2.45, 2.75) is 26.5 Å². The van der Waals surface area contributed by atoms with Gasteiger partial charge in [-0.3, -0.25) is 4.79 Å². The average Bonchev–Trinajstić information content (AvgIpc) is 2.64. The molecule has 1 N–H and O–H groups in total. The van der Waals surface area contributed by atoms with Crippen molar-refractivity contribution in [2.24, 2.45) is 5.92 Å². The Labute approximate surface area is 148 Å². The number of methoxy groups -OCH3 is 1. The van der Waals surface area contributed by atoms with Crippen molar-refractivity contribution in [1.82, 2.24) is 5.32 Å². The summed E-state index contributed by atoms with van der Waals surface area (Å²) in [6.45, 7) is 4.13. The van der Waals surface area contributed by atoms with Gasteiger partial charge in [-0.05, 0) is 35.7 Å². The highest BCUT2D eigenvalue weighted by atomic mass is 16.5. The fourth-order valence-electron chi connectivity index (χ4n) is 2.29. The van der Waals surface area contributed by atoms with Gasteiger partial charge in [-0.25, -0.2) is 4.79 Å². The molecule has 25 heavy (non-hydrogen) atoms. The van der Waals surface area contributed by atoms with Crippen molar-refractivity contribution < 1.29 is 19.1 Å². The minimum absolute atomic E-state index is 0.0602. The number of para-hydroxylation sites is 1. The van der Waals surface area contributed by atoms with Crippen molar-refractivity contribution in [1.29, 1.82) is 0 Å². The Balaban J connectivity index is 1.96. The zero-order chi connectivity index (χ0) is 18.2. The smallest absolute Gasteiger partial charge is 0.328 e. The Hall–Kier alpha value is -2.82. The summed E-state index contributed by atoms with van der Waals surface area (Å²) in [6.07, 6.45) is 0. The third kappa shape index (κ3) is 5.35. The topological polar surface area (TPSA) is 64.6 Å². The van der Waals surface area contributed by atoms with Crippen LogP contribution in [0.3, 0.4) is 0 Å². The number of rotatable bonds is 7. The molecule has 0 aromatic heterocycles. The van der Waals surface area contributed by atoms with Gasteiger partial charge in [0, 0.05) is 5.56 Å². The van der Waals surface area contributed by atoms with Gasteiger partial charge < -0.3 is 14.8 Å². The van der Waals surface area contributed by atoms with Gasteiger partial charge in [0.1, 0.15) is 18.4 Å². The average molecular weight is 341 g/mol. The molecule has 2 aromatic carbocycles. The molecule has 0 saturated carbocycles. The van der Waals surface area contributed by atoms with Crippen LogP contribution in [0.1, 0.15) is 29.8 Å². The van der Waals surface area contributed by atoms with Crippen LogP contribution in [-0.4, -0.2) is 25.0 Å². The molecular formula is C20H23NO4. The Morgan fingerprint density at radius 1 is 1.00 bits per heavy atom. The summed E-state index contributed by atoms with van der Waals surface area (Å²) in [5, 5.41) is 2.72. The predicted molar refractivity (Wildman–Crippen MR) is 95.3 cm³/mol. The van der Waals surface area contributed by atoms with Crippen LogP contribution in [0.25, 0.3) is 0 Å². The van der Waals surface area contributed by atoms with Crippen LogP contribution in [0.2, 0.25) is 0 Å². The quantitative estimate of drug-likeness (QED) is 0.786. The second-order valence-electron chi connectivity index (χ2n) is 6.02. The van der Waals surface area contributed by atoms with Crippen LogP contribution in [0.15, 0.2) is 54.6 Å². The molecule has 0 bridgehead atoms. The maximum Gasteiger partial charge on any atom is 0.328 e. The molecule has 5 nitrogen and oxygen atoms in total. The minimum Gasteiger partial charge on any atom is -0.489 e. The van der Waals surface area contributed by atoms with Gasteiger partial charge in [0.05, 0.1) is 7.11 Å². The van der Waals surface area contributed by atoms with Gasteiger partial charge in [-0.1, -0.05) is 44.2 Å². The molecule has 5 heteroatoms. The molecule has 1 atom stereocenters. The number of carbonyl (C=O) groups is 2. The summed E-state index contributed by atoms with van der Waals surface area (Å²) < 4.78 is 10.4. The Morgan fingerprint density at radius 3 is 2.20 bits per heavy atom. The molecule has 2 rings (SSSR count). The molecular weight excluding hydrogens is 318 g/mol. The molecule has 0 radical (unpaired) electrons. The molecule has 0 spiro atoms. The highest BCUT2D eigenvalue weighted by Gasteiger charge is 2.25. The zero-order valence-corrected chi connectivity index (χ0v) is 14.7. The maximum absolute atomic E-state index is 12.3. The van der Waals surface area contributed by atoms with E-state index in [0.717, 1.165) is 11.3 Å². The first kappa shape index (κ1) is 18.5. The number of ether oxygens (including phenoxy) is 2. The second-order valence-corrected chi connectivity index (χ2v) is 6.02. The summed E-state index contributed by atoms with van der Waals surface area (Å²) in [4.78, 5) is 24.1. The number of benzene rings is 2. The molecule has 1 amide bonds. The number of amides is 1. The van der Waals surface area contributed by atoms with E-state index in [1.165, 1.54) is 7.11 Å². The second kappa shape index (κ2) is 8.87. The molecule has 0 fully saturated rings. The molecule has 132 valence electrons. The SMILES string of the molecule is COC(=O)[C@@H](NC(=O)c1ccc(COc2ccccc2)cc1)C(C)C. The lowest BCUT2D eigenvalue weighted by Crippen LogP contribution is -2.45. The van der Waals surface area contributed by atoms with Crippen molar-refractivity contribution >= 4 is 11.9 Å². The van der Waals surface area contributed by atoms with Crippen molar-refractivity contribution in [3.8, 4) is 5.75 Å². The molecule has 0 aliphatic rings. The number of hydrogen-bond acceptors (Lipinski definition) is 4. The van der Waals surface area contributed by atoms with E-state index < -0.39 is 12.0 Å². The van der Waals surface area contributed by atoms with Crippen LogP contribution in [0, 0.1) is 5.92 Å². The van der Waals surface area contributed by atoms with E-state index in [1.807, 2.05) is 56.3 Å². The van der Waals surface area contributed by atoms with Gasteiger partial charge in [0.25, 0.3) is 5.91 Å².